The highest BCUT2D eigenvalue weighted by Gasteiger charge is 2.36. The summed E-state index contributed by atoms with van der Waals surface area (Å²) in [5.41, 5.74) is 1.32. The van der Waals surface area contributed by atoms with Crippen molar-refractivity contribution < 1.29 is 9.59 Å². The quantitative estimate of drug-likeness (QED) is 0.772. The van der Waals surface area contributed by atoms with Crippen LogP contribution in [0.2, 0.25) is 0 Å². The van der Waals surface area contributed by atoms with Crippen LogP contribution in [0.1, 0.15) is 31.2 Å². The fraction of sp³-hybridized carbons (Fsp3) is 0.579. The summed E-state index contributed by atoms with van der Waals surface area (Å²) in [5, 5.41) is 3.05. The van der Waals surface area contributed by atoms with Gasteiger partial charge in [0.2, 0.25) is 11.8 Å². The minimum Gasteiger partial charge on any atom is -0.355 e. The summed E-state index contributed by atoms with van der Waals surface area (Å²) in [7, 11) is 0. The van der Waals surface area contributed by atoms with Gasteiger partial charge in [0, 0.05) is 37.1 Å². The van der Waals surface area contributed by atoms with Gasteiger partial charge in [-0.05, 0) is 31.2 Å². The van der Waals surface area contributed by atoms with Gasteiger partial charge in [0.15, 0.2) is 0 Å². The molecular formula is C19H26N2O2S. The van der Waals surface area contributed by atoms with Crippen molar-refractivity contribution in [2.75, 3.05) is 25.4 Å². The summed E-state index contributed by atoms with van der Waals surface area (Å²) < 4.78 is 0. The number of hydrogen-bond donors (Lipinski definition) is 1. The largest absolute Gasteiger partial charge is 0.355 e. The first-order valence-corrected chi connectivity index (χ1v) is 10.1. The number of amides is 2. The highest BCUT2D eigenvalue weighted by Crippen LogP contribution is 2.32. The molecule has 0 bridgehead atoms. The Hall–Kier alpha value is -1.49. The summed E-state index contributed by atoms with van der Waals surface area (Å²) in [5.74, 6) is 2.50. The molecule has 1 aromatic carbocycles. The molecule has 1 saturated heterocycles. The summed E-state index contributed by atoms with van der Waals surface area (Å²) in [6.07, 6.45) is 3.91. The lowest BCUT2D eigenvalue weighted by molar-refractivity contribution is -0.136. The molecule has 24 heavy (non-hydrogen) atoms. The van der Waals surface area contributed by atoms with Crippen LogP contribution in [0.15, 0.2) is 30.3 Å². The van der Waals surface area contributed by atoms with E-state index in [4.69, 9.17) is 0 Å². The normalized spacial score (nSPS) is 20.7. The molecule has 2 amide bonds. The number of thioether (sulfide) groups is 1. The van der Waals surface area contributed by atoms with Gasteiger partial charge in [-0.25, -0.2) is 0 Å². The molecule has 1 aromatic rings. The van der Waals surface area contributed by atoms with Crippen molar-refractivity contribution in [3.05, 3.63) is 35.9 Å². The minimum absolute atomic E-state index is 0.0272. The third kappa shape index (κ3) is 5.00. The first-order chi connectivity index (χ1) is 11.7. The predicted molar refractivity (Wildman–Crippen MR) is 97.6 cm³/mol. The van der Waals surface area contributed by atoms with Crippen LogP contribution in [0, 0.1) is 11.8 Å². The third-order valence-electron chi connectivity index (χ3n) is 4.69. The Morgan fingerprint density at radius 3 is 2.67 bits per heavy atom. The predicted octanol–water partition coefficient (Wildman–Crippen LogP) is 2.68. The molecule has 0 radical (unpaired) electrons. The van der Waals surface area contributed by atoms with Gasteiger partial charge in [0.1, 0.15) is 0 Å². The van der Waals surface area contributed by atoms with E-state index < -0.39 is 0 Å². The molecule has 0 unspecified atom stereocenters. The van der Waals surface area contributed by atoms with Crippen molar-refractivity contribution in [2.45, 2.75) is 31.4 Å². The fourth-order valence-electron chi connectivity index (χ4n) is 3.13. The molecule has 1 N–H and O–H groups in total. The molecule has 1 atom stereocenters. The second-order valence-electron chi connectivity index (χ2n) is 6.73. The molecular weight excluding hydrogens is 320 g/mol. The van der Waals surface area contributed by atoms with Crippen LogP contribution in [0.4, 0.5) is 0 Å². The summed E-state index contributed by atoms with van der Waals surface area (Å²) >= 11 is 1.83. The van der Waals surface area contributed by atoms with Crippen LogP contribution in [0.25, 0.3) is 0 Å². The van der Waals surface area contributed by atoms with Crippen molar-refractivity contribution in [2.24, 2.45) is 11.8 Å². The number of benzene rings is 1. The molecule has 1 heterocycles. The van der Waals surface area contributed by atoms with E-state index in [-0.39, 0.29) is 23.7 Å². The highest BCUT2D eigenvalue weighted by atomic mass is 32.2. The van der Waals surface area contributed by atoms with Crippen molar-refractivity contribution >= 4 is 23.6 Å². The number of carbonyl (C=O) groups is 2. The van der Waals surface area contributed by atoms with Crippen molar-refractivity contribution in [1.82, 2.24) is 10.2 Å². The Morgan fingerprint density at radius 1 is 1.12 bits per heavy atom. The average Bonchev–Trinajstić information content (AvgIpc) is 3.47. The van der Waals surface area contributed by atoms with Gasteiger partial charge in [-0.2, -0.15) is 11.8 Å². The van der Waals surface area contributed by atoms with Crippen LogP contribution < -0.4 is 5.32 Å². The second kappa shape index (κ2) is 8.56. The van der Waals surface area contributed by atoms with E-state index in [2.05, 4.69) is 29.6 Å². The van der Waals surface area contributed by atoms with E-state index in [0.717, 1.165) is 43.7 Å². The zero-order valence-corrected chi connectivity index (χ0v) is 14.9. The highest BCUT2D eigenvalue weighted by molar-refractivity contribution is 7.98. The lowest BCUT2D eigenvalue weighted by atomic mass is 9.97. The van der Waals surface area contributed by atoms with Crippen molar-refractivity contribution in [3.8, 4) is 0 Å². The Labute approximate surface area is 148 Å². The van der Waals surface area contributed by atoms with E-state index in [9.17, 15) is 9.59 Å². The monoisotopic (exact) mass is 346 g/mol. The summed E-state index contributed by atoms with van der Waals surface area (Å²) in [4.78, 5) is 26.4. The van der Waals surface area contributed by atoms with Crippen LogP contribution in [0.5, 0.6) is 0 Å². The number of likely N-dealkylation sites (tertiary alicyclic amines) is 1. The first-order valence-electron chi connectivity index (χ1n) is 8.92. The zero-order chi connectivity index (χ0) is 16.8. The zero-order valence-electron chi connectivity index (χ0n) is 14.1. The van der Waals surface area contributed by atoms with E-state index in [1.807, 2.05) is 22.7 Å². The number of nitrogens with one attached hydrogen (secondary N) is 1. The van der Waals surface area contributed by atoms with E-state index in [1.165, 1.54) is 5.56 Å². The molecule has 130 valence electrons. The molecule has 2 fully saturated rings. The summed E-state index contributed by atoms with van der Waals surface area (Å²) in [6, 6.07) is 10.4. The molecule has 4 nitrogen and oxygen atoms in total. The van der Waals surface area contributed by atoms with Crippen molar-refractivity contribution in [3.63, 3.8) is 0 Å². The van der Waals surface area contributed by atoms with Crippen LogP contribution in [-0.2, 0) is 15.3 Å². The molecule has 0 aromatic heterocycles. The molecule has 5 heteroatoms. The maximum Gasteiger partial charge on any atom is 0.225 e. The lowest BCUT2D eigenvalue weighted by Gasteiger charge is -2.32. The molecule has 3 rings (SSSR count). The Bertz CT molecular complexity index is 560. The van der Waals surface area contributed by atoms with Gasteiger partial charge >= 0.3 is 0 Å². The number of rotatable bonds is 7. The van der Waals surface area contributed by atoms with E-state index in [0.29, 0.717) is 13.1 Å². The first kappa shape index (κ1) is 17.3. The van der Waals surface area contributed by atoms with Crippen LogP contribution in [-0.4, -0.2) is 42.1 Å². The minimum atomic E-state index is -0.0272. The fourth-order valence-corrected chi connectivity index (χ4v) is 3.95. The number of carbonyl (C=O) groups excluding carboxylic acids is 2. The number of hydrogen-bond acceptors (Lipinski definition) is 3. The van der Waals surface area contributed by atoms with Gasteiger partial charge in [0.25, 0.3) is 0 Å². The van der Waals surface area contributed by atoms with E-state index in [1.54, 1.807) is 0 Å². The Kier molecular flexibility index (Phi) is 6.18. The number of nitrogens with zero attached hydrogens (tertiary/aromatic N) is 1. The van der Waals surface area contributed by atoms with Gasteiger partial charge in [-0.15, -0.1) is 0 Å². The summed E-state index contributed by atoms with van der Waals surface area (Å²) in [6.45, 7) is 2.13. The number of piperidine rings is 1. The lowest BCUT2D eigenvalue weighted by Crippen LogP contribution is -2.46. The third-order valence-corrected chi connectivity index (χ3v) is 5.72. The van der Waals surface area contributed by atoms with Crippen molar-refractivity contribution in [1.29, 1.82) is 0 Å². The second-order valence-corrected chi connectivity index (χ2v) is 7.83. The molecule has 1 aliphatic heterocycles. The Morgan fingerprint density at radius 2 is 1.92 bits per heavy atom. The molecule has 2 aliphatic rings. The van der Waals surface area contributed by atoms with Gasteiger partial charge in [0.05, 0.1) is 5.92 Å². The maximum atomic E-state index is 12.3. The Balaban J connectivity index is 1.33. The van der Waals surface area contributed by atoms with Crippen LogP contribution >= 0.6 is 11.8 Å². The average molecular weight is 346 g/mol. The smallest absolute Gasteiger partial charge is 0.225 e. The molecule has 1 aliphatic carbocycles. The molecule has 0 spiro atoms. The van der Waals surface area contributed by atoms with Gasteiger partial charge in [-0.1, -0.05) is 30.3 Å². The van der Waals surface area contributed by atoms with Gasteiger partial charge < -0.3 is 10.2 Å². The SMILES string of the molecule is O=C(NCCSCc1ccccc1)[C@@H]1CCCN(C(=O)C2CC2)C1. The van der Waals surface area contributed by atoms with Crippen LogP contribution in [0.3, 0.4) is 0 Å². The standard InChI is InChI=1S/C19H26N2O2S/c22-18(20-10-12-24-14-15-5-2-1-3-6-15)17-7-4-11-21(13-17)19(23)16-8-9-16/h1-3,5-6,16-17H,4,7-14H2,(H,20,22)/t17-/m1/s1. The molecule has 1 saturated carbocycles. The topological polar surface area (TPSA) is 49.4 Å². The van der Waals surface area contributed by atoms with E-state index >= 15 is 0 Å². The van der Waals surface area contributed by atoms with Gasteiger partial charge in [-0.3, -0.25) is 9.59 Å². The maximum absolute atomic E-state index is 12.3.